The first kappa shape index (κ1) is 7.06. The molecule has 1 saturated carbocycles. The fourth-order valence-electron chi connectivity index (χ4n) is 1.84. The Morgan fingerprint density at radius 3 is 2.91 bits per heavy atom. The number of rotatable bonds is 1. The van der Waals surface area contributed by atoms with E-state index in [9.17, 15) is 4.79 Å². The number of hydrogen-bond donors (Lipinski definition) is 1. The highest BCUT2D eigenvalue weighted by molar-refractivity contribution is 5.77. The van der Waals surface area contributed by atoms with Crippen LogP contribution in [0.4, 0.5) is 0 Å². The van der Waals surface area contributed by atoms with Gasteiger partial charge in [0.15, 0.2) is 0 Å². The second kappa shape index (κ2) is 2.46. The summed E-state index contributed by atoms with van der Waals surface area (Å²) in [6.45, 7) is 0.319. The van der Waals surface area contributed by atoms with E-state index in [-0.39, 0.29) is 24.0 Å². The summed E-state index contributed by atoms with van der Waals surface area (Å²) in [4.78, 5) is 10.8. The number of amides is 1. The molecule has 1 aliphatic carbocycles. The Morgan fingerprint density at radius 2 is 2.18 bits per heavy atom. The van der Waals surface area contributed by atoms with Crippen molar-refractivity contribution < 1.29 is 14.3 Å². The van der Waals surface area contributed by atoms with Crippen LogP contribution in [0, 0.1) is 5.92 Å². The first-order valence-corrected chi connectivity index (χ1v) is 3.81. The van der Waals surface area contributed by atoms with Crippen molar-refractivity contribution >= 4 is 5.91 Å². The molecule has 2 rings (SSSR count). The first-order chi connectivity index (χ1) is 5.29. The van der Waals surface area contributed by atoms with E-state index < -0.39 is 0 Å². The number of primary amides is 1. The summed E-state index contributed by atoms with van der Waals surface area (Å²) in [5.74, 6) is -0.384. The van der Waals surface area contributed by atoms with Crippen molar-refractivity contribution in [1.82, 2.24) is 0 Å². The summed E-state index contributed by atoms with van der Waals surface area (Å²) >= 11 is 0. The van der Waals surface area contributed by atoms with Gasteiger partial charge >= 0.3 is 0 Å². The smallest absolute Gasteiger partial charge is 0.223 e. The molecule has 0 spiro atoms. The monoisotopic (exact) mass is 157 g/mol. The third-order valence-electron chi connectivity index (χ3n) is 2.43. The van der Waals surface area contributed by atoms with Crippen molar-refractivity contribution in [1.29, 1.82) is 0 Å². The Balaban J connectivity index is 2.08. The molecule has 0 aromatic heterocycles. The van der Waals surface area contributed by atoms with Gasteiger partial charge < -0.3 is 15.2 Å². The van der Waals surface area contributed by atoms with Gasteiger partial charge in [-0.2, -0.15) is 0 Å². The minimum atomic E-state index is -0.261. The lowest BCUT2D eigenvalue weighted by atomic mass is 10.1. The molecule has 3 unspecified atom stereocenters. The van der Waals surface area contributed by atoms with Crippen LogP contribution in [0.15, 0.2) is 0 Å². The maximum Gasteiger partial charge on any atom is 0.223 e. The molecule has 0 radical (unpaired) electrons. The Kier molecular flexibility index (Phi) is 1.58. The minimum Gasteiger partial charge on any atom is -0.369 e. The number of fused-ring (bicyclic) bond motifs is 1. The SMILES string of the molecule is NC(=O)C1CCC2OCOC21. The maximum absolute atomic E-state index is 10.8. The van der Waals surface area contributed by atoms with Crippen LogP contribution in [0.5, 0.6) is 0 Å². The van der Waals surface area contributed by atoms with E-state index in [1.165, 1.54) is 0 Å². The fourth-order valence-corrected chi connectivity index (χ4v) is 1.84. The van der Waals surface area contributed by atoms with Gasteiger partial charge in [-0.15, -0.1) is 0 Å². The van der Waals surface area contributed by atoms with Crippen molar-refractivity contribution in [3.8, 4) is 0 Å². The van der Waals surface area contributed by atoms with Crippen LogP contribution in [-0.4, -0.2) is 24.9 Å². The molecular formula is C7H11NO3. The Bertz CT molecular complexity index is 183. The first-order valence-electron chi connectivity index (χ1n) is 3.81. The molecule has 0 aromatic carbocycles. The van der Waals surface area contributed by atoms with Crippen molar-refractivity contribution in [2.45, 2.75) is 25.0 Å². The summed E-state index contributed by atoms with van der Waals surface area (Å²) in [5, 5.41) is 0. The lowest BCUT2D eigenvalue weighted by molar-refractivity contribution is -0.124. The minimum absolute atomic E-state index is 0.0625. The average Bonchev–Trinajstić information content (AvgIpc) is 2.41. The quantitative estimate of drug-likeness (QED) is 0.564. The van der Waals surface area contributed by atoms with E-state index in [0.29, 0.717) is 6.79 Å². The summed E-state index contributed by atoms with van der Waals surface area (Å²) in [6, 6.07) is 0. The zero-order valence-corrected chi connectivity index (χ0v) is 6.16. The van der Waals surface area contributed by atoms with E-state index in [0.717, 1.165) is 12.8 Å². The van der Waals surface area contributed by atoms with Gasteiger partial charge in [-0.25, -0.2) is 0 Å². The molecule has 2 fully saturated rings. The van der Waals surface area contributed by atoms with Crippen LogP contribution in [0.25, 0.3) is 0 Å². The molecule has 2 N–H and O–H groups in total. The van der Waals surface area contributed by atoms with Crippen LogP contribution in [0.2, 0.25) is 0 Å². The Labute approximate surface area is 64.6 Å². The highest BCUT2D eigenvalue weighted by Crippen LogP contribution is 2.34. The second-order valence-corrected chi connectivity index (χ2v) is 3.04. The summed E-state index contributed by atoms with van der Waals surface area (Å²) in [7, 11) is 0. The maximum atomic E-state index is 10.8. The van der Waals surface area contributed by atoms with Gasteiger partial charge in [0.2, 0.25) is 5.91 Å². The summed E-state index contributed by atoms with van der Waals surface area (Å²) < 4.78 is 10.5. The van der Waals surface area contributed by atoms with E-state index in [1.54, 1.807) is 0 Å². The Hall–Kier alpha value is -0.610. The molecule has 4 heteroatoms. The van der Waals surface area contributed by atoms with Crippen LogP contribution in [-0.2, 0) is 14.3 Å². The largest absolute Gasteiger partial charge is 0.369 e. The molecule has 1 aliphatic heterocycles. The van der Waals surface area contributed by atoms with Gasteiger partial charge in [-0.05, 0) is 12.8 Å². The normalized spacial score (nSPS) is 42.4. The molecular weight excluding hydrogens is 146 g/mol. The molecule has 0 bridgehead atoms. The molecule has 1 amide bonds. The Morgan fingerprint density at radius 1 is 1.36 bits per heavy atom. The summed E-state index contributed by atoms with van der Waals surface area (Å²) in [6.07, 6.45) is 1.77. The predicted octanol–water partition coefficient (Wildman–Crippen LogP) is -0.377. The van der Waals surface area contributed by atoms with E-state index in [2.05, 4.69) is 0 Å². The van der Waals surface area contributed by atoms with E-state index in [1.807, 2.05) is 0 Å². The zero-order valence-electron chi connectivity index (χ0n) is 6.16. The lowest BCUT2D eigenvalue weighted by Gasteiger charge is -2.11. The van der Waals surface area contributed by atoms with Gasteiger partial charge in [0.1, 0.15) is 6.79 Å². The molecule has 11 heavy (non-hydrogen) atoms. The number of hydrogen-bond acceptors (Lipinski definition) is 3. The highest BCUT2D eigenvalue weighted by Gasteiger charge is 2.44. The van der Waals surface area contributed by atoms with E-state index in [4.69, 9.17) is 15.2 Å². The molecule has 1 saturated heterocycles. The standard InChI is InChI=1S/C7H11NO3/c8-7(9)4-1-2-5-6(4)11-3-10-5/h4-6H,1-3H2,(H2,8,9). The van der Waals surface area contributed by atoms with Gasteiger partial charge in [0, 0.05) is 0 Å². The topological polar surface area (TPSA) is 61.6 Å². The molecule has 3 atom stereocenters. The van der Waals surface area contributed by atoms with Crippen molar-refractivity contribution in [3.63, 3.8) is 0 Å². The molecule has 0 aromatic rings. The number of nitrogens with two attached hydrogens (primary N) is 1. The second-order valence-electron chi connectivity index (χ2n) is 3.04. The molecule has 2 aliphatic rings. The molecule has 4 nitrogen and oxygen atoms in total. The zero-order chi connectivity index (χ0) is 7.84. The van der Waals surface area contributed by atoms with Crippen LogP contribution in [0.1, 0.15) is 12.8 Å². The number of ether oxygens (including phenoxy) is 2. The van der Waals surface area contributed by atoms with Gasteiger partial charge in [-0.1, -0.05) is 0 Å². The van der Waals surface area contributed by atoms with Crippen molar-refractivity contribution in [2.24, 2.45) is 11.7 Å². The van der Waals surface area contributed by atoms with Crippen LogP contribution in [0.3, 0.4) is 0 Å². The fraction of sp³-hybridized carbons (Fsp3) is 0.857. The number of carbonyl (C=O) groups excluding carboxylic acids is 1. The molecule has 62 valence electrons. The van der Waals surface area contributed by atoms with Crippen molar-refractivity contribution in [2.75, 3.05) is 6.79 Å². The van der Waals surface area contributed by atoms with Crippen molar-refractivity contribution in [3.05, 3.63) is 0 Å². The van der Waals surface area contributed by atoms with Gasteiger partial charge in [0.05, 0.1) is 18.1 Å². The number of carbonyl (C=O) groups is 1. The van der Waals surface area contributed by atoms with Gasteiger partial charge in [0.25, 0.3) is 0 Å². The third-order valence-corrected chi connectivity index (χ3v) is 2.43. The molecule has 1 heterocycles. The lowest BCUT2D eigenvalue weighted by Crippen LogP contribution is -2.32. The highest BCUT2D eigenvalue weighted by atomic mass is 16.7. The van der Waals surface area contributed by atoms with Crippen LogP contribution < -0.4 is 5.73 Å². The van der Waals surface area contributed by atoms with Gasteiger partial charge in [-0.3, -0.25) is 4.79 Å². The predicted molar refractivity (Wildman–Crippen MR) is 36.5 cm³/mol. The third kappa shape index (κ3) is 1.02. The summed E-state index contributed by atoms with van der Waals surface area (Å²) in [5.41, 5.74) is 5.18. The van der Waals surface area contributed by atoms with E-state index >= 15 is 0 Å². The van der Waals surface area contributed by atoms with Crippen LogP contribution >= 0.6 is 0 Å². The average molecular weight is 157 g/mol.